The number of nitrogens with zero attached hydrogens (tertiary/aromatic N) is 1. The van der Waals surface area contributed by atoms with Crippen LogP contribution in [0.15, 0.2) is 47.7 Å². The second kappa shape index (κ2) is 5.09. The Morgan fingerprint density at radius 1 is 1.26 bits per heavy atom. The summed E-state index contributed by atoms with van der Waals surface area (Å²) in [6.45, 7) is 1.85. The number of aliphatic hydroxyl groups is 1. The molecule has 1 saturated heterocycles. The van der Waals surface area contributed by atoms with Gasteiger partial charge in [0.2, 0.25) is 0 Å². The molecular weight excluding hydrogens is 245 g/mol. The third-order valence-electron chi connectivity index (χ3n) is 3.69. The molecule has 0 saturated carbocycles. The van der Waals surface area contributed by atoms with Gasteiger partial charge in [-0.05, 0) is 25.0 Å². The Morgan fingerprint density at radius 3 is 2.63 bits per heavy atom. The molecule has 1 aliphatic carbocycles. The van der Waals surface area contributed by atoms with Gasteiger partial charge in [-0.1, -0.05) is 6.08 Å². The number of hydrogen-bond acceptors (Lipinski definition) is 4. The van der Waals surface area contributed by atoms with E-state index in [1.807, 2.05) is 6.08 Å². The molecule has 2 aliphatic heterocycles. The maximum Gasteiger partial charge on any atom is 0.127 e. The highest BCUT2D eigenvalue weighted by Gasteiger charge is 2.30. The van der Waals surface area contributed by atoms with Crippen molar-refractivity contribution in [1.29, 1.82) is 0 Å². The molecule has 102 valence electrons. The molecule has 0 amide bonds. The topological polar surface area (TPSA) is 47.5 Å². The van der Waals surface area contributed by atoms with Crippen molar-refractivity contribution in [2.75, 3.05) is 13.1 Å². The molecule has 3 rings (SSSR count). The lowest BCUT2D eigenvalue weighted by atomic mass is 9.99. The van der Waals surface area contributed by atoms with Crippen molar-refractivity contribution < 1.29 is 9.50 Å². The molecule has 1 atom stereocenters. The van der Waals surface area contributed by atoms with Gasteiger partial charge in [0.25, 0.3) is 0 Å². The van der Waals surface area contributed by atoms with Crippen molar-refractivity contribution in [3.8, 4) is 0 Å². The van der Waals surface area contributed by atoms with Crippen LogP contribution in [0, 0.1) is 0 Å². The van der Waals surface area contributed by atoms with Crippen LogP contribution < -0.4 is 10.6 Å². The number of aliphatic hydroxyl groups excluding tert-OH is 1. The largest absolute Gasteiger partial charge is 0.384 e. The number of allylic oxidation sites excluding steroid dienone is 4. The van der Waals surface area contributed by atoms with Gasteiger partial charge in [-0.15, -0.1) is 0 Å². The normalized spacial score (nSPS) is 24.5. The van der Waals surface area contributed by atoms with E-state index in [2.05, 4.69) is 15.5 Å². The smallest absolute Gasteiger partial charge is 0.127 e. The Labute approximate surface area is 112 Å². The van der Waals surface area contributed by atoms with Gasteiger partial charge in [-0.25, -0.2) is 4.39 Å². The van der Waals surface area contributed by atoms with Gasteiger partial charge in [0.05, 0.1) is 0 Å². The second-order valence-corrected chi connectivity index (χ2v) is 4.94. The summed E-state index contributed by atoms with van der Waals surface area (Å²) < 4.78 is 13.6. The summed E-state index contributed by atoms with van der Waals surface area (Å²) >= 11 is 0. The Morgan fingerprint density at radius 2 is 2.00 bits per heavy atom. The molecule has 3 N–H and O–H groups in total. The van der Waals surface area contributed by atoms with E-state index in [4.69, 9.17) is 0 Å². The van der Waals surface area contributed by atoms with Gasteiger partial charge < -0.3 is 20.6 Å². The molecule has 4 nitrogen and oxygen atoms in total. The van der Waals surface area contributed by atoms with Crippen LogP contribution in [0.5, 0.6) is 0 Å². The summed E-state index contributed by atoms with van der Waals surface area (Å²) in [6.07, 6.45) is 9.16. The number of nitrogens with one attached hydrogen (secondary N) is 2. The summed E-state index contributed by atoms with van der Waals surface area (Å²) in [5, 5.41) is 16.6. The first-order valence-corrected chi connectivity index (χ1v) is 6.63. The predicted molar refractivity (Wildman–Crippen MR) is 71.4 cm³/mol. The SMILES string of the molecule is OC(C1=CCC=C(F)C=C1N1CCC1)C1NC=CN1. The average molecular weight is 263 g/mol. The summed E-state index contributed by atoms with van der Waals surface area (Å²) in [5.74, 6) is -0.231. The molecule has 1 unspecified atom stereocenters. The van der Waals surface area contributed by atoms with Gasteiger partial charge in [0.15, 0.2) is 0 Å². The number of hydrogen-bond donors (Lipinski definition) is 3. The van der Waals surface area contributed by atoms with Gasteiger partial charge in [-0.3, -0.25) is 0 Å². The van der Waals surface area contributed by atoms with E-state index in [1.54, 1.807) is 12.4 Å². The first-order valence-electron chi connectivity index (χ1n) is 6.63. The zero-order chi connectivity index (χ0) is 13.2. The maximum atomic E-state index is 13.6. The lowest BCUT2D eigenvalue weighted by molar-refractivity contribution is 0.152. The molecule has 3 aliphatic rings. The van der Waals surface area contributed by atoms with E-state index < -0.39 is 6.10 Å². The van der Waals surface area contributed by atoms with Crippen LogP contribution in [-0.4, -0.2) is 35.4 Å². The molecule has 0 aromatic rings. The number of rotatable bonds is 3. The van der Waals surface area contributed by atoms with Gasteiger partial charge in [-0.2, -0.15) is 0 Å². The summed E-state index contributed by atoms with van der Waals surface area (Å²) in [5.41, 5.74) is 1.60. The highest BCUT2D eigenvalue weighted by Crippen LogP contribution is 2.29. The van der Waals surface area contributed by atoms with Crippen molar-refractivity contribution >= 4 is 0 Å². The molecule has 0 radical (unpaired) electrons. The van der Waals surface area contributed by atoms with E-state index in [-0.39, 0.29) is 12.0 Å². The fourth-order valence-corrected chi connectivity index (χ4v) is 2.49. The number of likely N-dealkylation sites (tertiary alicyclic amines) is 1. The molecule has 0 spiro atoms. The molecule has 19 heavy (non-hydrogen) atoms. The molecule has 0 aromatic heterocycles. The molecule has 2 heterocycles. The second-order valence-electron chi connectivity index (χ2n) is 4.94. The number of halogens is 1. The van der Waals surface area contributed by atoms with Crippen LogP contribution >= 0.6 is 0 Å². The third kappa shape index (κ3) is 2.38. The average Bonchev–Trinajstić information content (AvgIpc) is 2.78. The lowest BCUT2D eigenvalue weighted by Gasteiger charge is -2.38. The van der Waals surface area contributed by atoms with E-state index >= 15 is 0 Å². The highest BCUT2D eigenvalue weighted by atomic mass is 19.1. The molecule has 0 bridgehead atoms. The molecule has 1 fully saturated rings. The van der Waals surface area contributed by atoms with Crippen molar-refractivity contribution in [1.82, 2.24) is 15.5 Å². The maximum absolute atomic E-state index is 13.6. The van der Waals surface area contributed by atoms with Crippen molar-refractivity contribution in [2.24, 2.45) is 0 Å². The van der Waals surface area contributed by atoms with E-state index in [1.165, 1.54) is 12.2 Å². The van der Waals surface area contributed by atoms with Gasteiger partial charge in [0, 0.05) is 36.8 Å². The van der Waals surface area contributed by atoms with E-state index in [0.29, 0.717) is 6.42 Å². The highest BCUT2D eigenvalue weighted by molar-refractivity contribution is 5.41. The Balaban J connectivity index is 1.84. The first kappa shape index (κ1) is 12.3. The predicted octanol–water partition coefficient (Wildman–Crippen LogP) is 1.11. The quantitative estimate of drug-likeness (QED) is 0.714. The third-order valence-corrected chi connectivity index (χ3v) is 3.69. The Bertz CT molecular complexity index is 469. The van der Waals surface area contributed by atoms with Crippen LogP contribution in [0.2, 0.25) is 0 Å². The van der Waals surface area contributed by atoms with Gasteiger partial charge in [0.1, 0.15) is 18.1 Å². The first-order chi connectivity index (χ1) is 9.25. The minimum Gasteiger partial charge on any atom is -0.384 e. The minimum atomic E-state index is -0.707. The molecule has 5 heteroatoms. The standard InChI is InChI=1S/C14H18FN3O/c15-10-3-1-4-11(12(9-10)18-7-2-8-18)13(19)14-16-5-6-17-14/h3-6,9,13-14,16-17,19H,1-2,7-8H2. The summed E-state index contributed by atoms with van der Waals surface area (Å²) in [7, 11) is 0. The fraction of sp³-hybridized carbons (Fsp3) is 0.429. The van der Waals surface area contributed by atoms with Crippen molar-refractivity contribution in [2.45, 2.75) is 25.1 Å². The Hall–Kier alpha value is -1.75. The van der Waals surface area contributed by atoms with Crippen LogP contribution in [0.25, 0.3) is 0 Å². The van der Waals surface area contributed by atoms with E-state index in [9.17, 15) is 9.50 Å². The monoisotopic (exact) mass is 263 g/mol. The van der Waals surface area contributed by atoms with Crippen LogP contribution in [0.3, 0.4) is 0 Å². The van der Waals surface area contributed by atoms with Crippen LogP contribution in [0.1, 0.15) is 12.8 Å². The van der Waals surface area contributed by atoms with Crippen molar-refractivity contribution in [3.63, 3.8) is 0 Å². The van der Waals surface area contributed by atoms with Crippen LogP contribution in [-0.2, 0) is 0 Å². The zero-order valence-corrected chi connectivity index (χ0v) is 10.6. The van der Waals surface area contributed by atoms with Crippen molar-refractivity contribution in [3.05, 3.63) is 47.7 Å². The van der Waals surface area contributed by atoms with Gasteiger partial charge >= 0.3 is 0 Å². The zero-order valence-electron chi connectivity index (χ0n) is 10.6. The fourth-order valence-electron chi connectivity index (χ4n) is 2.49. The summed E-state index contributed by atoms with van der Waals surface area (Å²) in [6, 6.07) is 0. The molecular formula is C14H18FN3O. The van der Waals surface area contributed by atoms with Crippen LogP contribution in [0.4, 0.5) is 4.39 Å². The van der Waals surface area contributed by atoms with E-state index in [0.717, 1.165) is 30.8 Å². The Kier molecular flexibility index (Phi) is 3.29. The minimum absolute atomic E-state index is 0.231. The lowest BCUT2D eigenvalue weighted by Crippen LogP contribution is -2.46. The molecule has 0 aromatic carbocycles. The summed E-state index contributed by atoms with van der Waals surface area (Å²) in [4.78, 5) is 2.11.